The van der Waals surface area contributed by atoms with E-state index in [-0.39, 0.29) is 11.1 Å². The summed E-state index contributed by atoms with van der Waals surface area (Å²) in [5.74, 6) is -3.82. The van der Waals surface area contributed by atoms with Gasteiger partial charge in [0.1, 0.15) is 0 Å². The van der Waals surface area contributed by atoms with Gasteiger partial charge in [-0.05, 0) is 12.1 Å². The Morgan fingerprint density at radius 1 is 1.00 bits per heavy atom. The predicted octanol–water partition coefficient (Wildman–Crippen LogP) is 1.46. The van der Waals surface area contributed by atoms with Gasteiger partial charge in [-0.25, -0.2) is 4.79 Å². The van der Waals surface area contributed by atoms with Crippen LogP contribution >= 0.6 is 0 Å². The van der Waals surface area contributed by atoms with Crippen LogP contribution in [0.25, 0.3) is 0 Å². The third kappa shape index (κ3) is 1.49. The fraction of sp³-hybridized carbons (Fsp3) is 0.0714. The molecule has 0 aromatic heterocycles. The predicted molar refractivity (Wildman–Crippen MR) is 64.6 cm³/mol. The number of phenolic OH excluding ortho intramolecular Hbond substituents is 2. The number of aliphatic hydroxyl groups is 1. The largest absolute Gasteiger partial charge is 0.504 e. The number of ether oxygens (including phenoxy) is 1. The number of esters is 1. The summed E-state index contributed by atoms with van der Waals surface area (Å²) < 4.78 is 4.99. The van der Waals surface area contributed by atoms with Gasteiger partial charge in [0.15, 0.2) is 11.5 Å². The molecule has 0 amide bonds. The number of hydrogen-bond acceptors (Lipinski definition) is 5. The summed E-state index contributed by atoms with van der Waals surface area (Å²) in [6.45, 7) is 0. The van der Waals surface area contributed by atoms with Crippen LogP contribution in [0, 0.1) is 0 Å². The Morgan fingerprint density at radius 2 is 1.68 bits per heavy atom. The zero-order valence-corrected chi connectivity index (χ0v) is 9.70. The number of cyclic esters (lactones) is 1. The van der Waals surface area contributed by atoms with Gasteiger partial charge in [-0.2, -0.15) is 0 Å². The smallest absolute Gasteiger partial charge is 0.341 e. The maximum Gasteiger partial charge on any atom is 0.341 e. The molecule has 3 N–H and O–H groups in total. The second-order valence-electron chi connectivity index (χ2n) is 4.26. The first-order valence-corrected chi connectivity index (χ1v) is 5.60. The van der Waals surface area contributed by atoms with Crippen LogP contribution in [0.2, 0.25) is 0 Å². The van der Waals surface area contributed by atoms with Crippen molar-refractivity contribution in [3.05, 3.63) is 59.2 Å². The third-order valence-electron chi connectivity index (χ3n) is 3.12. The van der Waals surface area contributed by atoms with Gasteiger partial charge in [-0.3, -0.25) is 0 Å². The van der Waals surface area contributed by atoms with Gasteiger partial charge < -0.3 is 20.1 Å². The Labute approximate surface area is 108 Å². The first-order chi connectivity index (χ1) is 9.04. The molecule has 0 fully saturated rings. The molecule has 5 nitrogen and oxygen atoms in total. The number of carbonyl (C=O) groups excluding carboxylic acids is 1. The van der Waals surface area contributed by atoms with E-state index >= 15 is 0 Å². The molecule has 0 saturated carbocycles. The monoisotopic (exact) mass is 258 g/mol. The molecule has 2 aromatic rings. The minimum atomic E-state index is -2.09. The van der Waals surface area contributed by atoms with Gasteiger partial charge in [-0.1, -0.05) is 30.3 Å². The molecule has 1 aliphatic rings. The number of hydrogen-bond donors (Lipinski definition) is 3. The Bertz CT molecular complexity index is 665. The molecule has 1 atom stereocenters. The van der Waals surface area contributed by atoms with Crippen LogP contribution < -0.4 is 0 Å². The van der Waals surface area contributed by atoms with Crippen LogP contribution in [0.1, 0.15) is 21.5 Å². The molecule has 2 aromatic carbocycles. The number of carbonyl (C=O) groups is 1. The van der Waals surface area contributed by atoms with Crippen molar-refractivity contribution in [1.82, 2.24) is 0 Å². The molecule has 0 radical (unpaired) electrons. The quantitative estimate of drug-likeness (QED) is 0.532. The van der Waals surface area contributed by atoms with Crippen LogP contribution in [0.15, 0.2) is 42.5 Å². The Balaban J connectivity index is 2.30. The number of fused-ring (bicyclic) bond motifs is 1. The topological polar surface area (TPSA) is 87.0 Å². The van der Waals surface area contributed by atoms with Gasteiger partial charge in [-0.15, -0.1) is 0 Å². The molecule has 1 aliphatic heterocycles. The van der Waals surface area contributed by atoms with Crippen molar-refractivity contribution >= 4 is 5.97 Å². The van der Waals surface area contributed by atoms with E-state index < -0.39 is 23.3 Å². The number of aromatic hydroxyl groups is 2. The molecule has 0 spiro atoms. The van der Waals surface area contributed by atoms with Gasteiger partial charge in [0.2, 0.25) is 0 Å². The molecular weight excluding hydrogens is 248 g/mol. The molecule has 1 heterocycles. The highest BCUT2D eigenvalue weighted by Crippen LogP contribution is 2.47. The highest BCUT2D eigenvalue weighted by atomic mass is 16.7. The minimum Gasteiger partial charge on any atom is -0.504 e. The van der Waals surface area contributed by atoms with E-state index in [4.69, 9.17) is 4.74 Å². The summed E-state index contributed by atoms with van der Waals surface area (Å²) in [6, 6.07) is 10.7. The highest BCUT2D eigenvalue weighted by molar-refractivity contribution is 5.96. The fourth-order valence-corrected chi connectivity index (χ4v) is 2.20. The van der Waals surface area contributed by atoms with Gasteiger partial charge in [0.05, 0.1) is 11.1 Å². The lowest BCUT2D eigenvalue weighted by Crippen LogP contribution is -2.27. The van der Waals surface area contributed by atoms with Crippen molar-refractivity contribution in [1.29, 1.82) is 0 Å². The van der Waals surface area contributed by atoms with Crippen LogP contribution in [0.5, 0.6) is 11.5 Å². The Hall–Kier alpha value is -2.53. The second kappa shape index (κ2) is 3.73. The van der Waals surface area contributed by atoms with Crippen molar-refractivity contribution in [2.75, 3.05) is 0 Å². The lowest BCUT2D eigenvalue weighted by Gasteiger charge is -2.23. The molecule has 1 unspecified atom stereocenters. The summed E-state index contributed by atoms with van der Waals surface area (Å²) in [4.78, 5) is 11.7. The van der Waals surface area contributed by atoms with E-state index in [0.717, 1.165) is 0 Å². The SMILES string of the molecule is O=C1OC(O)(c2ccccc2)c2c1ccc(O)c2O. The number of phenols is 2. The van der Waals surface area contributed by atoms with Crippen molar-refractivity contribution in [2.45, 2.75) is 5.79 Å². The first kappa shape index (κ1) is 11.6. The maximum absolute atomic E-state index is 11.7. The lowest BCUT2D eigenvalue weighted by atomic mass is 9.94. The van der Waals surface area contributed by atoms with Crippen molar-refractivity contribution in [3.8, 4) is 11.5 Å². The molecule has 3 rings (SSSR count). The molecule has 96 valence electrons. The molecule has 0 bridgehead atoms. The molecule has 0 saturated heterocycles. The molecule has 0 aliphatic carbocycles. The minimum absolute atomic E-state index is 0.0293. The first-order valence-electron chi connectivity index (χ1n) is 5.60. The lowest BCUT2D eigenvalue weighted by molar-refractivity contribution is -0.130. The van der Waals surface area contributed by atoms with Crippen molar-refractivity contribution < 1.29 is 24.9 Å². The zero-order valence-electron chi connectivity index (χ0n) is 9.70. The number of benzene rings is 2. The summed E-state index contributed by atoms with van der Waals surface area (Å²) in [6.07, 6.45) is 0. The normalized spacial score (nSPS) is 21.0. The van der Waals surface area contributed by atoms with E-state index in [1.807, 2.05) is 0 Å². The molecule has 5 heteroatoms. The highest BCUT2D eigenvalue weighted by Gasteiger charge is 2.48. The van der Waals surface area contributed by atoms with Crippen LogP contribution in [0.4, 0.5) is 0 Å². The Morgan fingerprint density at radius 3 is 2.37 bits per heavy atom. The zero-order chi connectivity index (χ0) is 13.6. The summed E-state index contributed by atoms with van der Waals surface area (Å²) >= 11 is 0. The molecule has 19 heavy (non-hydrogen) atoms. The summed E-state index contributed by atoms with van der Waals surface area (Å²) in [7, 11) is 0. The van der Waals surface area contributed by atoms with Crippen molar-refractivity contribution in [2.24, 2.45) is 0 Å². The third-order valence-corrected chi connectivity index (χ3v) is 3.12. The van der Waals surface area contributed by atoms with E-state index in [1.165, 1.54) is 12.1 Å². The van der Waals surface area contributed by atoms with E-state index in [2.05, 4.69) is 0 Å². The summed E-state index contributed by atoms with van der Waals surface area (Å²) in [5, 5.41) is 30.0. The van der Waals surface area contributed by atoms with Crippen molar-refractivity contribution in [3.63, 3.8) is 0 Å². The van der Waals surface area contributed by atoms with Crippen LogP contribution in [-0.2, 0) is 10.5 Å². The van der Waals surface area contributed by atoms with Gasteiger partial charge in [0.25, 0.3) is 5.79 Å². The van der Waals surface area contributed by atoms with Crippen LogP contribution in [-0.4, -0.2) is 21.3 Å². The van der Waals surface area contributed by atoms with Crippen LogP contribution in [0.3, 0.4) is 0 Å². The van der Waals surface area contributed by atoms with E-state index in [9.17, 15) is 20.1 Å². The fourth-order valence-electron chi connectivity index (χ4n) is 2.20. The van der Waals surface area contributed by atoms with Gasteiger partial charge >= 0.3 is 5.97 Å². The number of rotatable bonds is 1. The summed E-state index contributed by atoms with van der Waals surface area (Å²) in [5.41, 5.74) is 0.188. The van der Waals surface area contributed by atoms with Gasteiger partial charge in [0, 0.05) is 5.56 Å². The average molecular weight is 258 g/mol. The average Bonchev–Trinajstić information content (AvgIpc) is 2.68. The molecular formula is C14H10O5. The maximum atomic E-state index is 11.7. The second-order valence-corrected chi connectivity index (χ2v) is 4.26. The standard InChI is InChI=1S/C14H10O5/c15-10-7-6-9-11(12(10)16)14(18,19-13(9)17)8-4-2-1-3-5-8/h1-7,15-16,18H. The van der Waals surface area contributed by atoms with E-state index in [1.54, 1.807) is 30.3 Å². The Kier molecular flexibility index (Phi) is 2.27. The van der Waals surface area contributed by atoms with E-state index in [0.29, 0.717) is 5.56 Å².